The molecule has 0 saturated carbocycles. The summed E-state index contributed by atoms with van der Waals surface area (Å²) in [4.78, 5) is 0. The molecule has 70 valence electrons. The second-order valence-corrected chi connectivity index (χ2v) is 3.96. The summed E-state index contributed by atoms with van der Waals surface area (Å²) in [6.07, 6.45) is 0.436. The molecule has 1 aromatic carbocycles. The Morgan fingerprint density at radius 1 is 1.43 bits per heavy atom. The highest BCUT2D eigenvalue weighted by molar-refractivity contribution is 9.10. The van der Waals surface area contributed by atoms with Gasteiger partial charge >= 0.3 is 0 Å². The quantitative estimate of drug-likeness (QED) is 0.763. The van der Waals surface area contributed by atoms with Crippen LogP contribution in [0.3, 0.4) is 0 Å². The maximum atomic E-state index is 8.71. The molecule has 0 spiro atoms. The molecule has 1 heterocycles. The molecular weight excluding hydrogens is 240 g/mol. The van der Waals surface area contributed by atoms with Gasteiger partial charge in [-0.25, -0.2) is 0 Å². The van der Waals surface area contributed by atoms with Crippen molar-refractivity contribution in [2.45, 2.75) is 6.42 Å². The smallest absolute Gasteiger partial charge is 0.0766 e. The van der Waals surface area contributed by atoms with Crippen molar-refractivity contribution in [2.24, 2.45) is 7.05 Å². The number of hydrogen-bond acceptors (Lipinski definition) is 1. The first-order valence-corrected chi connectivity index (χ1v) is 5.13. The summed E-state index contributed by atoms with van der Waals surface area (Å²) < 4.78 is 3.10. The van der Waals surface area contributed by atoms with E-state index < -0.39 is 0 Å². The first kappa shape index (κ1) is 9.29. The minimum atomic E-state index is 0.436. The second-order valence-electron chi connectivity index (χ2n) is 3.17. The minimum absolute atomic E-state index is 0.436. The number of benzene rings is 1. The van der Waals surface area contributed by atoms with Crippen molar-refractivity contribution >= 4 is 26.8 Å². The predicted molar refractivity (Wildman–Crippen MR) is 59.9 cm³/mol. The van der Waals surface area contributed by atoms with Gasteiger partial charge in [0.25, 0.3) is 0 Å². The number of para-hydroxylation sites is 1. The number of aryl methyl sites for hydroxylation is 1. The zero-order valence-electron chi connectivity index (χ0n) is 7.79. The zero-order chi connectivity index (χ0) is 10.1. The largest absolute Gasteiger partial charge is 0.346 e. The molecule has 14 heavy (non-hydrogen) atoms. The molecule has 0 N–H and O–H groups in total. The van der Waals surface area contributed by atoms with Crippen molar-refractivity contribution in [1.82, 2.24) is 4.57 Å². The Balaban J connectivity index is 2.80. The molecule has 2 rings (SSSR count). The van der Waals surface area contributed by atoms with Crippen LogP contribution in [0.5, 0.6) is 0 Å². The summed E-state index contributed by atoms with van der Waals surface area (Å²) in [5, 5.41) is 9.88. The molecule has 0 saturated heterocycles. The van der Waals surface area contributed by atoms with Crippen molar-refractivity contribution in [2.75, 3.05) is 0 Å². The topological polar surface area (TPSA) is 28.7 Å². The number of hydrogen-bond donors (Lipinski definition) is 0. The van der Waals surface area contributed by atoms with Gasteiger partial charge in [-0.15, -0.1) is 0 Å². The number of nitrogens with zero attached hydrogens (tertiary/aromatic N) is 2. The maximum Gasteiger partial charge on any atom is 0.0766 e. The van der Waals surface area contributed by atoms with Crippen molar-refractivity contribution in [3.63, 3.8) is 0 Å². The fourth-order valence-corrected chi connectivity index (χ4v) is 2.41. The molecule has 2 aromatic rings. The van der Waals surface area contributed by atoms with E-state index in [2.05, 4.69) is 38.7 Å². The standard InChI is InChI=1S/C11H9BrN2/c1-14-9-5-3-2-4-8(9)11(12)10(14)6-7-13/h2-5H,6H2,1H3. The van der Waals surface area contributed by atoms with Crippen molar-refractivity contribution in [3.05, 3.63) is 34.4 Å². The van der Waals surface area contributed by atoms with Crippen molar-refractivity contribution in [3.8, 4) is 6.07 Å². The van der Waals surface area contributed by atoms with Gasteiger partial charge in [0.1, 0.15) is 0 Å². The molecule has 0 radical (unpaired) electrons. The second kappa shape index (κ2) is 3.47. The number of rotatable bonds is 1. The molecule has 0 amide bonds. The van der Waals surface area contributed by atoms with Gasteiger partial charge in [-0.1, -0.05) is 18.2 Å². The Bertz CT molecular complexity index is 481. The number of nitriles is 1. The predicted octanol–water partition coefficient (Wildman–Crippen LogP) is 3.01. The normalized spacial score (nSPS) is 10.4. The summed E-state index contributed by atoms with van der Waals surface area (Å²) in [7, 11) is 1.99. The third kappa shape index (κ3) is 1.23. The average molecular weight is 249 g/mol. The van der Waals surface area contributed by atoms with Crippen LogP contribution in [0.25, 0.3) is 10.9 Å². The molecule has 1 aromatic heterocycles. The molecule has 0 bridgehead atoms. The van der Waals surface area contributed by atoms with E-state index in [1.165, 1.54) is 5.39 Å². The lowest BCUT2D eigenvalue weighted by molar-refractivity contribution is 0.888. The van der Waals surface area contributed by atoms with Crippen LogP contribution in [0.2, 0.25) is 0 Å². The van der Waals surface area contributed by atoms with Gasteiger partial charge in [0, 0.05) is 28.1 Å². The first-order valence-electron chi connectivity index (χ1n) is 4.34. The Morgan fingerprint density at radius 2 is 2.14 bits per heavy atom. The number of halogens is 1. The van der Waals surface area contributed by atoms with Gasteiger partial charge in [0.15, 0.2) is 0 Å². The third-order valence-corrected chi connectivity index (χ3v) is 3.29. The van der Waals surface area contributed by atoms with E-state index in [9.17, 15) is 0 Å². The van der Waals surface area contributed by atoms with E-state index in [0.717, 1.165) is 15.7 Å². The molecule has 0 aliphatic heterocycles. The Hall–Kier alpha value is -1.27. The maximum absolute atomic E-state index is 8.71. The van der Waals surface area contributed by atoms with Crippen LogP contribution < -0.4 is 0 Å². The zero-order valence-corrected chi connectivity index (χ0v) is 9.37. The molecule has 0 fully saturated rings. The van der Waals surface area contributed by atoms with E-state index in [0.29, 0.717) is 6.42 Å². The van der Waals surface area contributed by atoms with E-state index in [4.69, 9.17) is 5.26 Å². The Kier molecular flexibility index (Phi) is 2.30. The summed E-state index contributed by atoms with van der Waals surface area (Å²) in [5.41, 5.74) is 2.19. The van der Waals surface area contributed by atoms with Gasteiger partial charge in [0.2, 0.25) is 0 Å². The van der Waals surface area contributed by atoms with Gasteiger partial charge in [-0.3, -0.25) is 0 Å². The summed E-state index contributed by atoms with van der Waals surface area (Å²) >= 11 is 3.53. The van der Waals surface area contributed by atoms with Crippen LogP contribution in [-0.2, 0) is 13.5 Å². The van der Waals surface area contributed by atoms with Crippen LogP contribution >= 0.6 is 15.9 Å². The van der Waals surface area contributed by atoms with Crippen LogP contribution in [0, 0.1) is 11.3 Å². The van der Waals surface area contributed by atoms with E-state index in [1.807, 2.05) is 19.2 Å². The van der Waals surface area contributed by atoms with Crippen LogP contribution in [0.15, 0.2) is 28.7 Å². The lowest BCUT2D eigenvalue weighted by atomic mass is 10.2. The van der Waals surface area contributed by atoms with Crippen LogP contribution in [0.4, 0.5) is 0 Å². The molecule has 0 unspecified atom stereocenters. The highest BCUT2D eigenvalue weighted by atomic mass is 79.9. The summed E-state index contributed by atoms with van der Waals surface area (Å²) in [5.74, 6) is 0. The molecular formula is C11H9BrN2. The molecule has 3 heteroatoms. The lowest BCUT2D eigenvalue weighted by Gasteiger charge is -1.98. The van der Waals surface area contributed by atoms with E-state index >= 15 is 0 Å². The fraction of sp³-hybridized carbons (Fsp3) is 0.182. The van der Waals surface area contributed by atoms with Gasteiger partial charge in [-0.2, -0.15) is 5.26 Å². The molecule has 0 atom stereocenters. The molecule has 0 aliphatic carbocycles. The monoisotopic (exact) mass is 248 g/mol. The molecule has 2 nitrogen and oxygen atoms in total. The van der Waals surface area contributed by atoms with Gasteiger partial charge in [0.05, 0.1) is 12.5 Å². The Labute approximate surface area is 90.9 Å². The first-order chi connectivity index (χ1) is 6.75. The van der Waals surface area contributed by atoms with Gasteiger partial charge < -0.3 is 4.57 Å². The lowest BCUT2D eigenvalue weighted by Crippen LogP contribution is -1.94. The Morgan fingerprint density at radius 3 is 2.79 bits per heavy atom. The highest BCUT2D eigenvalue weighted by Crippen LogP contribution is 2.30. The number of fused-ring (bicyclic) bond motifs is 1. The minimum Gasteiger partial charge on any atom is -0.346 e. The van der Waals surface area contributed by atoms with E-state index in [-0.39, 0.29) is 0 Å². The van der Waals surface area contributed by atoms with Crippen molar-refractivity contribution < 1.29 is 0 Å². The third-order valence-electron chi connectivity index (χ3n) is 2.41. The van der Waals surface area contributed by atoms with Crippen molar-refractivity contribution in [1.29, 1.82) is 5.26 Å². The van der Waals surface area contributed by atoms with E-state index in [1.54, 1.807) is 0 Å². The van der Waals surface area contributed by atoms with Crippen LogP contribution in [-0.4, -0.2) is 4.57 Å². The SMILES string of the molecule is Cn1c(CC#N)c(Br)c2ccccc21. The highest BCUT2D eigenvalue weighted by Gasteiger charge is 2.11. The summed E-state index contributed by atoms with van der Waals surface area (Å²) in [6, 6.07) is 10.3. The molecule has 0 aliphatic rings. The summed E-state index contributed by atoms with van der Waals surface area (Å²) in [6.45, 7) is 0. The van der Waals surface area contributed by atoms with Crippen LogP contribution in [0.1, 0.15) is 5.69 Å². The fourth-order valence-electron chi connectivity index (χ4n) is 1.67. The average Bonchev–Trinajstić information content (AvgIpc) is 2.45. The number of aromatic nitrogens is 1. The van der Waals surface area contributed by atoms with Gasteiger partial charge in [-0.05, 0) is 22.0 Å².